The highest BCUT2D eigenvalue weighted by Gasteiger charge is 2.24. The number of likely N-dealkylation sites (tertiary alicyclic amines) is 1. The molecule has 1 atom stereocenters. The van der Waals surface area contributed by atoms with Gasteiger partial charge in [0.1, 0.15) is 0 Å². The molecular weight excluding hydrogens is 320 g/mol. The van der Waals surface area contributed by atoms with Crippen molar-refractivity contribution in [3.05, 3.63) is 51.7 Å². The van der Waals surface area contributed by atoms with Gasteiger partial charge in [-0.3, -0.25) is 4.79 Å². The van der Waals surface area contributed by atoms with Crippen molar-refractivity contribution < 1.29 is 9.90 Å². The van der Waals surface area contributed by atoms with Crippen LogP contribution in [0.25, 0.3) is 0 Å². The van der Waals surface area contributed by atoms with Crippen molar-refractivity contribution in [1.29, 1.82) is 0 Å². The Kier molecular flexibility index (Phi) is 5.53. The minimum absolute atomic E-state index is 0.0594. The predicted octanol–water partition coefficient (Wildman–Crippen LogP) is 3.51. The maximum atomic E-state index is 12.7. The first-order valence-corrected chi connectivity index (χ1v) is 9.32. The highest BCUT2D eigenvalue weighted by molar-refractivity contribution is 7.10. The molecule has 1 aromatic heterocycles. The van der Waals surface area contributed by atoms with Crippen molar-refractivity contribution >= 4 is 22.9 Å². The minimum Gasteiger partial charge on any atom is -0.396 e. The number of thiophene rings is 1. The zero-order valence-electron chi connectivity index (χ0n) is 14.0. The molecule has 0 spiro atoms. The van der Waals surface area contributed by atoms with Crippen molar-refractivity contribution in [2.75, 3.05) is 25.0 Å². The summed E-state index contributed by atoms with van der Waals surface area (Å²) in [6, 6.07) is 9.83. The van der Waals surface area contributed by atoms with E-state index in [0.717, 1.165) is 31.6 Å². The molecular formula is C19H24N2O2S. The molecule has 2 aromatic rings. The molecule has 3 rings (SSSR count). The van der Waals surface area contributed by atoms with E-state index >= 15 is 0 Å². The van der Waals surface area contributed by atoms with Gasteiger partial charge >= 0.3 is 0 Å². The lowest BCUT2D eigenvalue weighted by Crippen LogP contribution is -2.40. The lowest BCUT2D eigenvalue weighted by atomic mass is 9.98. The number of rotatable bonds is 5. The standard InChI is InChI=1S/C19H24N2O2S/c1-14-7-9-24-18(14)11-20-17-6-2-5-16(10-17)19(23)21-8-3-4-15(12-21)13-22/h2,5-7,9-10,15,20,22H,3-4,8,11-13H2,1H3. The number of benzene rings is 1. The molecule has 1 amide bonds. The van der Waals surface area contributed by atoms with Crippen molar-refractivity contribution in [3.63, 3.8) is 0 Å². The number of carbonyl (C=O) groups is 1. The maximum Gasteiger partial charge on any atom is 0.253 e. The van der Waals surface area contributed by atoms with Crippen LogP contribution in [0.1, 0.15) is 33.6 Å². The first kappa shape index (κ1) is 17.0. The average molecular weight is 344 g/mol. The fourth-order valence-electron chi connectivity index (χ4n) is 3.11. The highest BCUT2D eigenvalue weighted by atomic mass is 32.1. The fourth-order valence-corrected chi connectivity index (χ4v) is 3.96. The van der Waals surface area contributed by atoms with Gasteiger partial charge in [0.25, 0.3) is 5.91 Å². The molecule has 1 aliphatic rings. The van der Waals surface area contributed by atoms with E-state index in [1.165, 1.54) is 10.4 Å². The van der Waals surface area contributed by atoms with Crippen LogP contribution in [0.5, 0.6) is 0 Å². The van der Waals surface area contributed by atoms with Crippen LogP contribution in [0.4, 0.5) is 5.69 Å². The first-order chi connectivity index (χ1) is 11.7. The van der Waals surface area contributed by atoms with Crippen molar-refractivity contribution in [2.24, 2.45) is 5.92 Å². The molecule has 24 heavy (non-hydrogen) atoms. The van der Waals surface area contributed by atoms with E-state index in [-0.39, 0.29) is 18.4 Å². The van der Waals surface area contributed by atoms with Gasteiger partial charge in [0.05, 0.1) is 0 Å². The normalized spacial score (nSPS) is 17.8. The molecule has 2 N–H and O–H groups in total. The SMILES string of the molecule is Cc1ccsc1CNc1cccc(C(=O)N2CCCC(CO)C2)c1. The van der Waals surface area contributed by atoms with Crippen molar-refractivity contribution in [2.45, 2.75) is 26.3 Å². The molecule has 1 unspecified atom stereocenters. The van der Waals surface area contributed by atoms with Gasteiger partial charge in [0.15, 0.2) is 0 Å². The molecule has 1 fully saturated rings. The van der Waals surface area contributed by atoms with Crippen LogP contribution in [0.3, 0.4) is 0 Å². The Balaban J connectivity index is 1.66. The van der Waals surface area contributed by atoms with Gasteiger partial charge in [-0.2, -0.15) is 0 Å². The smallest absolute Gasteiger partial charge is 0.253 e. The van der Waals surface area contributed by atoms with Crippen LogP contribution in [0.2, 0.25) is 0 Å². The maximum absolute atomic E-state index is 12.7. The van der Waals surface area contributed by atoms with Crippen LogP contribution in [-0.2, 0) is 6.54 Å². The Bertz CT molecular complexity index is 698. The summed E-state index contributed by atoms with van der Waals surface area (Å²) in [6.45, 7) is 4.48. The lowest BCUT2D eigenvalue weighted by molar-refractivity contribution is 0.0621. The monoisotopic (exact) mass is 344 g/mol. The van der Waals surface area contributed by atoms with Crippen LogP contribution >= 0.6 is 11.3 Å². The van der Waals surface area contributed by atoms with Gasteiger partial charge in [0, 0.05) is 42.4 Å². The van der Waals surface area contributed by atoms with Gasteiger partial charge in [-0.05, 0) is 60.9 Å². The summed E-state index contributed by atoms with van der Waals surface area (Å²) in [7, 11) is 0. The summed E-state index contributed by atoms with van der Waals surface area (Å²) in [4.78, 5) is 15.9. The fraction of sp³-hybridized carbons (Fsp3) is 0.421. The number of hydrogen-bond donors (Lipinski definition) is 2. The van der Waals surface area contributed by atoms with Crippen LogP contribution in [0, 0.1) is 12.8 Å². The van der Waals surface area contributed by atoms with E-state index in [1.807, 2.05) is 29.2 Å². The summed E-state index contributed by atoms with van der Waals surface area (Å²) in [5.74, 6) is 0.273. The van der Waals surface area contributed by atoms with E-state index in [2.05, 4.69) is 23.7 Å². The van der Waals surface area contributed by atoms with Gasteiger partial charge < -0.3 is 15.3 Å². The number of aryl methyl sites for hydroxylation is 1. The number of amides is 1. The number of carbonyl (C=O) groups excluding carboxylic acids is 1. The lowest BCUT2D eigenvalue weighted by Gasteiger charge is -2.32. The third-order valence-electron chi connectivity index (χ3n) is 4.60. The predicted molar refractivity (Wildman–Crippen MR) is 98.5 cm³/mol. The number of nitrogens with one attached hydrogen (secondary N) is 1. The van der Waals surface area contributed by atoms with Gasteiger partial charge in [-0.25, -0.2) is 0 Å². The van der Waals surface area contributed by atoms with Gasteiger partial charge in [-0.15, -0.1) is 11.3 Å². The topological polar surface area (TPSA) is 52.6 Å². The Morgan fingerprint density at radius 2 is 2.29 bits per heavy atom. The highest BCUT2D eigenvalue weighted by Crippen LogP contribution is 2.21. The Hall–Kier alpha value is -1.85. The van der Waals surface area contributed by atoms with Crippen molar-refractivity contribution in [3.8, 4) is 0 Å². The molecule has 0 aliphatic carbocycles. The number of piperidine rings is 1. The molecule has 0 saturated carbocycles. The molecule has 5 heteroatoms. The molecule has 0 radical (unpaired) electrons. The second-order valence-corrected chi connectivity index (χ2v) is 7.40. The summed E-state index contributed by atoms with van der Waals surface area (Å²) in [5, 5.41) is 14.8. The van der Waals surface area contributed by atoms with Gasteiger partial charge in [-0.1, -0.05) is 6.07 Å². The summed E-state index contributed by atoms with van der Waals surface area (Å²) < 4.78 is 0. The van der Waals surface area contributed by atoms with Crippen LogP contribution < -0.4 is 5.32 Å². The van der Waals surface area contributed by atoms with E-state index < -0.39 is 0 Å². The molecule has 1 aromatic carbocycles. The summed E-state index contributed by atoms with van der Waals surface area (Å²) in [6.07, 6.45) is 1.97. The number of hydrogen-bond acceptors (Lipinski definition) is 4. The third kappa shape index (κ3) is 3.97. The zero-order valence-corrected chi connectivity index (χ0v) is 14.8. The van der Waals surface area contributed by atoms with Crippen LogP contribution in [-0.4, -0.2) is 35.6 Å². The summed E-state index contributed by atoms with van der Waals surface area (Å²) in [5.41, 5.74) is 2.97. The minimum atomic E-state index is 0.0594. The Morgan fingerprint density at radius 1 is 1.42 bits per heavy atom. The second-order valence-electron chi connectivity index (χ2n) is 6.40. The molecule has 0 bridgehead atoms. The van der Waals surface area contributed by atoms with Gasteiger partial charge in [0.2, 0.25) is 0 Å². The number of aliphatic hydroxyl groups is 1. The largest absolute Gasteiger partial charge is 0.396 e. The average Bonchev–Trinajstić information content (AvgIpc) is 3.04. The van der Waals surface area contributed by atoms with E-state index in [9.17, 15) is 9.90 Å². The van der Waals surface area contributed by atoms with Crippen molar-refractivity contribution in [1.82, 2.24) is 4.90 Å². The molecule has 2 heterocycles. The Morgan fingerprint density at radius 3 is 3.04 bits per heavy atom. The van der Waals surface area contributed by atoms with E-state index in [0.29, 0.717) is 12.1 Å². The van der Waals surface area contributed by atoms with Crippen LogP contribution in [0.15, 0.2) is 35.7 Å². The molecule has 128 valence electrons. The Labute approximate surface area is 147 Å². The zero-order chi connectivity index (χ0) is 16.9. The third-order valence-corrected chi connectivity index (χ3v) is 5.62. The number of nitrogens with zero attached hydrogens (tertiary/aromatic N) is 1. The summed E-state index contributed by atoms with van der Waals surface area (Å²) >= 11 is 1.74. The molecule has 1 aliphatic heterocycles. The van der Waals surface area contributed by atoms with E-state index in [1.54, 1.807) is 11.3 Å². The first-order valence-electron chi connectivity index (χ1n) is 8.44. The number of aliphatic hydroxyl groups excluding tert-OH is 1. The molecule has 1 saturated heterocycles. The van der Waals surface area contributed by atoms with E-state index in [4.69, 9.17) is 0 Å². The number of anilines is 1. The second kappa shape index (κ2) is 7.81. The quantitative estimate of drug-likeness (QED) is 0.873. The molecule has 4 nitrogen and oxygen atoms in total.